The molecular formula is C9H16N3O14P3. The number of nitrogens with two attached hydrogens (primary N) is 1. The highest BCUT2D eigenvalue weighted by Crippen LogP contribution is 2.66. The van der Waals surface area contributed by atoms with Gasteiger partial charge in [-0.15, -0.1) is 0 Å². The normalized spacial score (nSPS) is 29.3. The van der Waals surface area contributed by atoms with E-state index in [0.29, 0.717) is 0 Å². The van der Waals surface area contributed by atoms with Crippen molar-refractivity contribution >= 4 is 29.3 Å². The van der Waals surface area contributed by atoms with Crippen LogP contribution in [-0.2, 0) is 31.6 Å². The summed E-state index contributed by atoms with van der Waals surface area (Å²) >= 11 is 0. The van der Waals surface area contributed by atoms with Crippen molar-refractivity contribution in [1.29, 1.82) is 0 Å². The number of aromatic nitrogens is 2. The lowest BCUT2D eigenvalue weighted by Crippen LogP contribution is -2.36. The quantitative estimate of drug-likeness (QED) is 0.150. The molecule has 1 saturated heterocycles. The summed E-state index contributed by atoms with van der Waals surface area (Å²) < 4.78 is 50.8. The van der Waals surface area contributed by atoms with Crippen LogP contribution in [0, 0.1) is 0 Å². The highest BCUT2D eigenvalue weighted by atomic mass is 31.3. The molecule has 0 amide bonds. The predicted molar refractivity (Wildman–Crippen MR) is 88.6 cm³/mol. The van der Waals surface area contributed by atoms with Gasteiger partial charge in [0.05, 0.1) is 6.61 Å². The molecule has 2 rings (SSSR count). The number of hydrogen-bond acceptors (Lipinski definition) is 12. The van der Waals surface area contributed by atoms with Gasteiger partial charge in [-0.25, -0.2) is 18.5 Å². The molecule has 0 radical (unpaired) electrons. The summed E-state index contributed by atoms with van der Waals surface area (Å²) in [5, 5.41) is 20.0. The standard InChI is InChI=1S/C9H16N3O14P3/c10-5-1-2-12(9(15)11-5)8-7(14)6(13)4(24-8)3-23-28(19,20)26-29(21,22)25-27(16,17)18/h1-2,4,6-8,13-14H,3H2,(H,19,20)(H,21,22)(H2,10,11,15)(H2,16,17,18)/t4-,6-,7-,8-/m1/s1/i1+1,2+1,3+1,4+1,5+1,6+1,7+1,8+1,9+1. The van der Waals surface area contributed by atoms with Crippen LogP contribution in [0.25, 0.3) is 0 Å². The molecule has 0 aliphatic carbocycles. The van der Waals surface area contributed by atoms with Crippen molar-refractivity contribution < 1.29 is 61.4 Å². The maximum absolute atomic E-state index is 11.8. The molecular weight excluding hydrogens is 476 g/mol. The fourth-order valence-electron chi connectivity index (χ4n) is 2.19. The van der Waals surface area contributed by atoms with E-state index in [4.69, 9.17) is 25.2 Å². The van der Waals surface area contributed by atoms with Gasteiger partial charge in [0.1, 0.15) is 24.1 Å². The van der Waals surface area contributed by atoms with E-state index in [1.807, 2.05) is 0 Å². The highest BCUT2D eigenvalue weighted by Gasteiger charge is 2.46. The number of rotatable bonds is 8. The van der Waals surface area contributed by atoms with Crippen LogP contribution in [0.2, 0.25) is 0 Å². The van der Waals surface area contributed by atoms with E-state index < -0.39 is 60.3 Å². The first-order chi connectivity index (χ1) is 13.1. The van der Waals surface area contributed by atoms with Gasteiger partial charge in [-0.05, 0) is 6.07 Å². The van der Waals surface area contributed by atoms with Gasteiger partial charge in [-0.2, -0.15) is 13.6 Å². The second kappa shape index (κ2) is 8.61. The molecule has 0 bridgehead atoms. The van der Waals surface area contributed by atoms with E-state index in [9.17, 15) is 33.6 Å². The molecule has 1 aliphatic heterocycles. The average Bonchev–Trinajstić information content (AvgIpc) is 2.78. The first kappa shape index (κ1) is 24.2. The summed E-state index contributed by atoms with van der Waals surface area (Å²) in [6.07, 6.45) is -5.38. The number of anilines is 1. The minimum atomic E-state index is -5.71. The topological polar surface area (TPSA) is 270 Å². The third-order valence-corrected chi connectivity index (χ3v) is 7.08. The molecule has 2 unspecified atom stereocenters. The van der Waals surface area contributed by atoms with Crippen molar-refractivity contribution in [2.24, 2.45) is 0 Å². The first-order valence-corrected chi connectivity index (χ1v) is 11.8. The molecule has 20 heteroatoms. The van der Waals surface area contributed by atoms with Gasteiger partial charge in [-0.3, -0.25) is 9.09 Å². The summed E-state index contributed by atoms with van der Waals surface area (Å²) in [6.45, 7) is -1.02. The fraction of sp³-hybridized carbons (Fsp3) is 0.556. The Morgan fingerprint density at radius 3 is 2.28 bits per heavy atom. The van der Waals surface area contributed by atoms with Gasteiger partial charge in [0.2, 0.25) is 0 Å². The number of phosphoric ester groups is 1. The number of hydrogen-bond donors (Lipinski definition) is 7. The van der Waals surface area contributed by atoms with Crippen LogP contribution in [0.4, 0.5) is 5.82 Å². The smallest absolute Gasteiger partial charge is 0.387 e. The lowest BCUT2D eigenvalue weighted by Gasteiger charge is -2.19. The van der Waals surface area contributed by atoms with Crippen LogP contribution in [0.1, 0.15) is 6.23 Å². The Balaban J connectivity index is 2.05. The Kier molecular flexibility index (Phi) is 7.20. The maximum Gasteiger partial charge on any atom is 0.490 e. The van der Waals surface area contributed by atoms with Crippen LogP contribution >= 0.6 is 23.5 Å². The zero-order chi connectivity index (χ0) is 22.2. The molecule has 1 aromatic heterocycles. The van der Waals surface area contributed by atoms with Gasteiger partial charge in [0.25, 0.3) is 0 Å². The van der Waals surface area contributed by atoms with Crippen LogP contribution in [0.3, 0.4) is 0 Å². The summed E-state index contributed by atoms with van der Waals surface area (Å²) in [4.78, 5) is 50.5. The Hall–Kier alpha value is -1.03. The van der Waals surface area contributed by atoms with Crippen molar-refractivity contribution in [3.8, 4) is 0 Å². The number of nitrogens with zero attached hydrogens (tertiary/aromatic N) is 2. The molecule has 8 N–H and O–H groups in total. The molecule has 17 nitrogen and oxygen atoms in total. The number of aliphatic hydroxyl groups excluding tert-OH is 2. The van der Waals surface area contributed by atoms with Crippen molar-refractivity contribution in [1.82, 2.24) is 9.55 Å². The van der Waals surface area contributed by atoms with Gasteiger partial charge >= 0.3 is 29.2 Å². The third kappa shape index (κ3) is 6.73. The number of nitrogen functional groups attached to an aromatic ring is 1. The minimum Gasteiger partial charge on any atom is -0.387 e. The Bertz CT molecular complexity index is 946. The Morgan fingerprint density at radius 1 is 1.10 bits per heavy atom. The molecule has 29 heavy (non-hydrogen) atoms. The fourth-order valence-corrected chi connectivity index (χ4v) is 5.22. The monoisotopic (exact) mass is 492 g/mol. The molecule has 0 aromatic carbocycles. The summed E-state index contributed by atoms with van der Waals surface area (Å²) in [6, 6.07) is 1.20. The molecule has 6 atom stereocenters. The largest absolute Gasteiger partial charge is 0.490 e. The second-order valence-corrected chi connectivity index (χ2v) is 9.90. The maximum atomic E-state index is 11.8. The summed E-state index contributed by atoms with van der Waals surface area (Å²) in [5.74, 6) is -0.122. The SMILES string of the molecule is N[13c]1[13cH][13cH]n([13C@@H]2O[13C@H]([13CH2]OP(=O)(O)OP(=O)(O)OP(=O)(O)O)[13C@@H](O)[13C@H]2O)[13c](=O)n1. The van der Waals surface area contributed by atoms with Crippen LogP contribution in [0.5, 0.6) is 0 Å². The zero-order valence-corrected chi connectivity index (χ0v) is 16.6. The van der Waals surface area contributed by atoms with E-state index in [0.717, 1.165) is 10.8 Å². The van der Waals surface area contributed by atoms with Gasteiger partial charge in [-0.1, -0.05) is 0 Å². The summed E-state index contributed by atoms with van der Waals surface area (Å²) in [7, 11) is -16.7. The van der Waals surface area contributed by atoms with Crippen molar-refractivity contribution in [2.45, 2.75) is 24.5 Å². The van der Waals surface area contributed by atoms with Gasteiger partial charge < -0.3 is 40.3 Å². The van der Waals surface area contributed by atoms with E-state index in [1.54, 1.807) is 0 Å². The van der Waals surface area contributed by atoms with E-state index in [1.165, 1.54) is 6.07 Å². The Morgan fingerprint density at radius 2 is 1.72 bits per heavy atom. The third-order valence-electron chi connectivity index (χ3n) is 3.28. The van der Waals surface area contributed by atoms with Crippen molar-refractivity contribution in [3.05, 3.63) is 22.7 Å². The van der Waals surface area contributed by atoms with Gasteiger partial charge in [0, 0.05) is 6.20 Å². The van der Waals surface area contributed by atoms with E-state index >= 15 is 0 Å². The zero-order valence-electron chi connectivity index (χ0n) is 13.9. The van der Waals surface area contributed by atoms with Gasteiger partial charge in [0.15, 0.2) is 6.23 Å². The van der Waals surface area contributed by atoms with Crippen LogP contribution < -0.4 is 11.4 Å². The van der Waals surface area contributed by atoms with E-state index in [-0.39, 0.29) is 5.82 Å². The highest BCUT2D eigenvalue weighted by molar-refractivity contribution is 7.66. The number of aliphatic hydroxyl groups is 2. The minimum absolute atomic E-state index is 0.122. The molecule has 0 spiro atoms. The first-order valence-electron chi connectivity index (χ1n) is 7.25. The molecule has 2 heterocycles. The molecule has 1 aliphatic rings. The van der Waals surface area contributed by atoms with E-state index in [2.05, 4.69) is 18.1 Å². The van der Waals surface area contributed by atoms with Crippen molar-refractivity contribution in [3.63, 3.8) is 0 Å². The van der Waals surface area contributed by atoms with Crippen LogP contribution in [-0.4, -0.2) is 64.3 Å². The lowest BCUT2D eigenvalue weighted by molar-refractivity contribution is -0.0541. The number of phosphoric acid groups is 3. The predicted octanol–water partition coefficient (Wildman–Crippen LogP) is -2.21. The summed E-state index contributed by atoms with van der Waals surface area (Å²) in [5.41, 5.74) is 4.39. The lowest BCUT2D eigenvalue weighted by atomic mass is 11.1. The molecule has 1 fully saturated rings. The molecule has 166 valence electrons. The molecule has 0 saturated carbocycles. The van der Waals surface area contributed by atoms with Crippen LogP contribution in [0.15, 0.2) is 17.1 Å². The second-order valence-electron chi connectivity index (χ2n) is 5.48. The Labute approximate surface area is 160 Å². The average molecular weight is 492 g/mol. The number of ether oxygens (including phenoxy) is 1. The molecule has 1 aromatic rings. The van der Waals surface area contributed by atoms with Crippen molar-refractivity contribution in [2.75, 3.05) is 12.3 Å².